The Kier molecular flexibility index (Phi) is 5.18. The Hall–Kier alpha value is -2.72. The molecular formula is C20H16O3S. The average molecular weight is 336 g/mol. The van der Waals surface area contributed by atoms with Gasteiger partial charge in [0.1, 0.15) is 11.5 Å². The molecule has 24 heavy (non-hydrogen) atoms. The second-order valence-corrected chi connectivity index (χ2v) is 6.29. The van der Waals surface area contributed by atoms with Crippen molar-refractivity contribution in [2.45, 2.75) is 16.2 Å². The third kappa shape index (κ3) is 4.40. The van der Waals surface area contributed by atoms with Crippen molar-refractivity contribution in [1.82, 2.24) is 0 Å². The van der Waals surface area contributed by atoms with E-state index in [0.717, 1.165) is 26.9 Å². The largest absolute Gasteiger partial charge is 0.481 e. The fourth-order valence-electron chi connectivity index (χ4n) is 2.27. The summed E-state index contributed by atoms with van der Waals surface area (Å²) in [5.41, 5.74) is 0.810. The molecule has 0 aliphatic rings. The molecule has 3 nitrogen and oxygen atoms in total. The zero-order valence-electron chi connectivity index (χ0n) is 12.9. The molecule has 0 aliphatic carbocycles. The number of carboxylic acids is 1. The number of carboxylic acid groups (broad SMARTS) is 1. The first-order chi connectivity index (χ1) is 11.7. The summed E-state index contributed by atoms with van der Waals surface area (Å²) in [4.78, 5) is 12.9. The second-order valence-electron chi connectivity index (χ2n) is 5.17. The highest BCUT2D eigenvalue weighted by Crippen LogP contribution is 2.33. The van der Waals surface area contributed by atoms with Crippen LogP contribution in [0.4, 0.5) is 0 Å². The Balaban J connectivity index is 1.79. The van der Waals surface area contributed by atoms with Gasteiger partial charge in [-0.15, -0.1) is 0 Å². The van der Waals surface area contributed by atoms with Crippen molar-refractivity contribution >= 4 is 17.7 Å². The van der Waals surface area contributed by atoms with E-state index in [1.165, 1.54) is 11.8 Å². The van der Waals surface area contributed by atoms with Crippen LogP contribution < -0.4 is 4.74 Å². The summed E-state index contributed by atoms with van der Waals surface area (Å²) in [6, 6.07) is 24.9. The molecule has 0 radical (unpaired) electrons. The average Bonchev–Trinajstić information content (AvgIpc) is 2.57. The number of aliphatic carboxylic acids is 1. The molecule has 0 aromatic heterocycles. The Labute approximate surface area is 144 Å². The second kappa shape index (κ2) is 7.70. The monoisotopic (exact) mass is 336 g/mol. The van der Waals surface area contributed by atoms with E-state index in [4.69, 9.17) is 9.84 Å². The molecule has 0 spiro atoms. The van der Waals surface area contributed by atoms with Gasteiger partial charge in [-0.05, 0) is 42.0 Å². The highest BCUT2D eigenvalue weighted by Gasteiger charge is 2.08. The predicted molar refractivity (Wildman–Crippen MR) is 94.9 cm³/mol. The summed E-state index contributed by atoms with van der Waals surface area (Å²) in [5, 5.41) is 9.04. The molecule has 120 valence electrons. The van der Waals surface area contributed by atoms with Gasteiger partial charge in [-0.2, -0.15) is 0 Å². The SMILES string of the molecule is O=C(O)Cc1ccccc1Sc1cccc(Oc2ccccc2)c1. The van der Waals surface area contributed by atoms with Gasteiger partial charge in [0.05, 0.1) is 6.42 Å². The predicted octanol–water partition coefficient (Wildman–Crippen LogP) is 5.26. The Bertz CT molecular complexity index is 831. The van der Waals surface area contributed by atoms with Gasteiger partial charge >= 0.3 is 5.97 Å². The van der Waals surface area contributed by atoms with E-state index in [2.05, 4.69) is 0 Å². The van der Waals surface area contributed by atoms with Crippen molar-refractivity contribution < 1.29 is 14.6 Å². The molecule has 0 fully saturated rings. The van der Waals surface area contributed by atoms with Gasteiger partial charge in [-0.1, -0.05) is 54.2 Å². The Morgan fingerprint density at radius 1 is 0.875 bits per heavy atom. The normalized spacial score (nSPS) is 10.3. The number of hydrogen-bond acceptors (Lipinski definition) is 3. The number of ether oxygens (including phenoxy) is 1. The molecule has 3 aromatic carbocycles. The lowest BCUT2D eigenvalue weighted by Gasteiger charge is -2.09. The van der Waals surface area contributed by atoms with Gasteiger partial charge < -0.3 is 9.84 Å². The number of para-hydroxylation sites is 1. The summed E-state index contributed by atoms with van der Waals surface area (Å²) < 4.78 is 5.84. The minimum Gasteiger partial charge on any atom is -0.481 e. The fourth-order valence-corrected chi connectivity index (χ4v) is 3.26. The molecule has 0 aliphatic heterocycles. The number of hydrogen-bond donors (Lipinski definition) is 1. The van der Waals surface area contributed by atoms with Crippen LogP contribution in [0.1, 0.15) is 5.56 Å². The van der Waals surface area contributed by atoms with Crippen molar-refractivity contribution in [1.29, 1.82) is 0 Å². The Morgan fingerprint density at radius 3 is 2.38 bits per heavy atom. The maximum atomic E-state index is 11.0. The smallest absolute Gasteiger partial charge is 0.307 e. The van der Waals surface area contributed by atoms with Crippen molar-refractivity contribution in [3.63, 3.8) is 0 Å². The van der Waals surface area contributed by atoms with Crippen LogP contribution in [-0.2, 0) is 11.2 Å². The molecule has 3 rings (SSSR count). The van der Waals surface area contributed by atoms with Gasteiger partial charge in [0.2, 0.25) is 0 Å². The van der Waals surface area contributed by atoms with Crippen molar-refractivity contribution in [2.75, 3.05) is 0 Å². The standard InChI is InChI=1S/C20H16O3S/c21-20(22)13-15-7-4-5-12-19(15)24-18-11-6-10-17(14-18)23-16-8-2-1-3-9-16/h1-12,14H,13H2,(H,21,22). The van der Waals surface area contributed by atoms with E-state index in [1.54, 1.807) is 0 Å². The van der Waals surface area contributed by atoms with Crippen LogP contribution in [-0.4, -0.2) is 11.1 Å². The molecule has 0 atom stereocenters. The van der Waals surface area contributed by atoms with Crippen molar-refractivity contribution in [3.05, 3.63) is 84.4 Å². The van der Waals surface area contributed by atoms with E-state index in [-0.39, 0.29) is 6.42 Å². The minimum absolute atomic E-state index is 0.0172. The molecule has 0 unspecified atom stereocenters. The maximum absolute atomic E-state index is 11.0. The lowest BCUT2D eigenvalue weighted by atomic mass is 10.1. The topological polar surface area (TPSA) is 46.5 Å². The van der Waals surface area contributed by atoms with E-state index in [9.17, 15) is 4.79 Å². The quantitative estimate of drug-likeness (QED) is 0.667. The first kappa shape index (κ1) is 16.1. The van der Waals surface area contributed by atoms with E-state index >= 15 is 0 Å². The molecule has 0 bridgehead atoms. The molecule has 0 saturated carbocycles. The van der Waals surface area contributed by atoms with E-state index < -0.39 is 5.97 Å². The molecule has 4 heteroatoms. The molecule has 0 heterocycles. The fraction of sp³-hybridized carbons (Fsp3) is 0.0500. The number of rotatable bonds is 6. The summed E-state index contributed by atoms with van der Waals surface area (Å²) in [6.45, 7) is 0. The van der Waals surface area contributed by atoms with Gasteiger partial charge in [-0.3, -0.25) is 4.79 Å². The van der Waals surface area contributed by atoms with Gasteiger partial charge in [0.15, 0.2) is 0 Å². The number of carbonyl (C=O) groups is 1. The summed E-state index contributed by atoms with van der Waals surface area (Å²) in [6.07, 6.45) is 0.0172. The third-order valence-electron chi connectivity index (χ3n) is 3.33. The van der Waals surface area contributed by atoms with Crippen LogP contribution in [0.5, 0.6) is 11.5 Å². The van der Waals surface area contributed by atoms with Crippen LogP contribution in [0.15, 0.2) is 88.7 Å². The molecular weight excluding hydrogens is 320 g/mol. The van der Waals surface area contributed by atoms with Crippen LogP contribution in [0.3, 0.4) is 0 Å². The lowest BCUT2D eigenvalue weighted by molar-refractivity contribution is -0.136. The first-order valence-corrected chi connectivity index (χ1v) is 8.33. The third-order valence-corrected chi connectivity index (χ3v) is 4.43. The van der Waals surface area contributed by atoms with Crippen LogP contribution >= 0.6 is 11.8 Å². The van der Waals surface area contributed by atoms with Gasteiger partial charge in [-0.25, -0.2) is 0 Å². The number of benzene rings is 3. The van der Waals surface area contributed by atoms with Crippen molar-refractivity contribution in [3.8, 4) is 11.5 Å². The molecule has 0 amide bonds. The summed E-state index contributed by atoms with van der Waals surface area (Å²) >= 11 is 1.54. The van der Waals surface area contributed by atoms with Crippen LogP contribution in [0.2, 0.25) is 0 Å². The van der Waals surface area contributed by atoms with Crippen LogP contribution in [0.25, 0.3) is 0 Å². The lowest BCUT2D eigenvalue weighted by Crippen LogP contribution is -2.01. The van der Waals surface area contributed by atoms with Crippen LogP contribution in [0, 0.1) is 0 Å². The summed E-state index contributed by atoms with van der Waals surface area (Å²) in [7, 11) is 0. The van der Waals surface area contributed by atoms with E-state index in [0.29, 0.717) is 0 Å². The van der Waals surface area contributed by atoms with E-state index in [1.807, 2.05) is 78.9 Å². The zero-order chi connectivity index (χ0) is 16.8. The highest BCUT2D eigenvalue weighted by atomic mass is 32.2. The molecule has 0 saturated heterocycles. The van der Waals surface area contributed by atoms with Crippen molar-refractivity contribution in [2.24, 2.45) is 0 Å². The summed E-state index contributed by atoms with van der Waals surface area (Å²) in [5.74, 6) is 0.706. The zero-order valence-corrected chi connectivity index (χ0v) is 13.7. The van der Waals surface area contributed by atoms with Gasteiger partial charge in [0.25, 0.3) is 0 Å². The maximum Gasteiger partial charge on any atom is 0.307 e. The molecule has 3 aromatic rings. The first-order valence-electron chi connectivity index (χ1n) is 7.51. The Morgan fingerprint density at radius 2 is 1.58 bits per heavy atom. The molecule has 1 N–H and O–H groups in total. The van der Waals surface area contributed by atoms with Gasteiger partial charge in [0, 0.05) is 9.79 Å². The highest BCUT2D eigenvalue weighted by molar-refractivity contribution is 7.99. The minimum atomic E-state index is -0.829.